The van der Waals surface area contributed by atoms with Crippen molar-refractivity contribution in [2.75, 3.05) is 6.61 Å². The van der Waals surface area contributed by atoms with Crippen molar-refractivity contribution in [1.29, 1.82) is 5.26 Å². The lowest BCUT2D eigenvalue weighted by atomic mass is 10.0. The van der Waals surface area contributed by atoms with Crippen LogP contribution in [-0.4, -0.2) is 34.9 Å². The minimum absolute atomic E-state index is 0.248. The fourth-order valence-electron chi connectivity index (χ4n) is 3.17. The van der Waals surface area contributed by atoms with Gasteiger partial charge in [-0.25, -0.2) is 0 Å². The average Bonchev–Trinajstić information content (AvgIpc) is 2.63. The minimum Gasteiger partial charge on any atom is -0.394 e. The van der Waals surface area contributed by atoms with Crippen LogP contribution in [0.5, 0.6) is 0 Å². The van der Waals surface area contributed by atoms with Crippen LogP contribution in [0.25, 0.3) is 0 Å². The summed E-state index contributed by atoms with van der Waals surface area (Å²) in [7, 11) is 0. The Hall–Kier alpha value is -1.12. The lowest BCUT2D eigenvalue weighted by Gasteiger charge is -2.21. The maximum Gasteiger partial charge on any atom is 0.234 e. The molecule has 1 amide bonds. The number of aliphatic hydroxyl groups is 2. The van der Waals surface area contributed by atoms with Gasteiger partial charge in [-0.15, -0.1) is 0 Å². The van der Waals surface area contributed by atoms with Gasteiger partial charge in [0, 0.05) is 0 Å². The molecule has 0 aromatic heterocycles. The highest BCUT2D eigenvalue weighted by Gasteiger charge is 2.19. The van der Waals surface area contributed by atoms with E-state index in [9.17, 15) is 15.0 Å². The number of nitrogens with one attached hydrogen (secondary N) is 1. The van der Waals surface area contributed by atoms with E-state index in [4.69, 9.17) is 5.26 Å². The maximum atomic E-state index is 11.3. The van der Waals surface area contributed by atoms with E-state index >= 15 is 0 Å². The SMILES string of the molecule is CCCCCCCCCCCCCCCC(O)C(CO)NC(=O)CC#N. The zero-order valence-corrected chi connectivity index (χ0v) is 16.7. The van der Waals surface area contributed by atoms with Crippen LogP contribution < -0.4 is 5.32 Å². The van der Waals surface area contributed by atoms with Crippen LogP contribution in [0, 0.1) is 11.3 Å². The number of nitrogens with zero attached hydrogens (tertiary/aromatic N) is 1. The number of carbonyl (C=O) groups excluding carboxylic acids is 1. The average molecular weight is 369 g/mol. The summed E-state index contributed by atoms with van der Waals surface area (Å²) < 4.78 is 0. The van der Waals surface area contributed by atoms with E-state index in [1.807, 2.05) is 0 Å². The third-order valence-electron chi connectivity index (χ3n) is 4.85. The van der Waals surface area contributed by atoms with Gasteiger partial charge >= 0.3 is 0 Å². The number of amides is 1. The van der Waals surface area contributed by atoms with Gasteiger partial charge in [0.2, 0.25) is 5.91 Å². The van der Waals surface area contributed by atoms with E-state index in [-0.39, 0.29) is 13.0 Å². The number of carbonyl (C=O) groups is 1. The van der Waals surface area contributed by atoms with Gasteiger partial charge in [-0.2, -0.15) is 5.26 Å². The molecule has 5 nitrogen and oxygen atoms in total. The van der Waals surface area contributed by atoms with Gasteiger partial charge in [-0.05, 0) is 6.42 Å². The van der Waals surface area contributed by atoms with Crippen molar-refractivity contribution in [1.82, 2.24) is 5.32 Å². The molecule has 0 aromatic carbocycles. The van der Waals surface area contributed by atoms with Crippen molar-refractivity contribution in [3.63, 3.8) is 0 Å². The van der Waals surface area contributed by atoms with Crippen molar-refractivity contribution in [2.24, 2.45) is 0 Å². The van der Waals surface area contributed by atoms with E-state index < -0.39 is 18.1 Å². The summed E-state index contributed by atoms with van der Waals surface area (Å²) in [6, 6.07) is 1.08. The van der Waals surface area contributed by atoms with Crippen LogP contribution in [0.1, 0.15) is 103 Å². The summed E-state index contributed by atoms with van der Waals surface area (Å²) in [6.45, 7) is 1.94. The molecule has 26 heavy (non-hydrogen) atoms. The summed E-state index contributed by atoms with van der Waals surface area (Å²) in [6.07, 6.45) is 16.1. The van der Waals surface area contributed by atoms with E-state index in [1.165, 1.54) is 70.6 Å². The Balaban J connectivity index is 3.47. The smallest absolute Gasteiger partial charge is 0.234 e. The number of hydrogen-bond donors (Lipinski definition) is 3. The maximum absolute atomic E-state index is 11.3. The summed E-state index contributed by atoms with van der Waals surface area (Å²) in [5.74, 6) is -0.448. The van der Waals surface area contributed by atoms with E-state index in [2.05, 4.69) is 12.2 Å². The molecule has 0 spiro atoms. The molecule has 0 aromatic rings. The van der Waals surface area contributed by atoms with Crippen LogP contribution in [-0.2, 0) is 4.79 Å². The Morgan fingerprint density at radius 1 is 0.923 bits per heavy atom. The van der Waals surface area contributed by atoms with Crippen molar-refractivity contribution >= 4 is 5.91 Å². The first-order valence-electron chi connectivity index (χ1n) is 10.6. The monoisotopic (exact) mass is 368 g/mol. The first-order chi connectivity index (χ1) is 12.7. The molecule has 0 saturated heterocycles. The zero-order valence-electron chi connectivity index (χ0n) is 16.7. The molecule has 0 bridgehead atoms. The third-order valence-corrected chi connectivity index (χ3v) is 4.85. The fraction of sp³-hybridized carbons (Fsp3) is 0.905. The largest absolute Gasteiger partial charge is 0.394 e. The Bertz CT molecular complexity index is 369. The molecule has 3 N–H and O–H groups in total. The highest BCUT2D eigenvalue weighted by Crippen LogP contribution is 2.14. The molecule has 0 heterocycles. The van der Waals surface area contributed by atoms with Crippen LogP contribution in [0.4, 0.5) is 0 Å². The summed E-state index contributed by atoms with van der Waals surface area (Å²) in [5, 5.41) is 30.3. The third kappa shape index (κ3) is 15.2. The summed E-state index contributed by atoms with van der Waals surface area (Å²) in [4.78, 5) is 11.3. The van der Waals surface area contributed by atoms with Crippen molar-refractivity contribution in [3.8, 4) is 6.07 Å². The lowest BCUT2D eigenvalue weighted by molar-refractivity contribution is -0.122. The molecule has 0 aliphatic heterocycles. The van der Waals surface area contributed by atoms with Crippen LogP contribution in [0.2, 0.25) is 0 Å². The molecule has 0 rings (SSSR count). The molecule has 0 aliphatic carbocycles. The van der Waals surface area contributed by atoms with Crippen LogP contribution in [0.15, 0.2) is 0 Å². The van der Waals surface area contributed by atoms with Gasteiger partial charge in [0.25, 0.3) is 0 Å². The van der Waals surface area contributed by atoms with Gasteiger partial charge in [-0.1, -0.05) is 90.4 Å². The normalized spacial score (nSPS) is 13.2. The number of rotatable bonds is 18. The second kappa shape index (κ2) is 18.7. The predicted octanol–water partition coefficient (Wildman–Crippen LogP) is 4.22. The molecule has 5 heteroatoms. The summed E-state index contributed by atoms with van der Waals surface area (Å²) >= 11 is 0. The number of hydrogen-bond acceptors (Lipinski definition) is 4. The van der Waals surface area contributed by atoms with E-state index in [0.29, 0.717) is 6.42 Å². The molecular weight excluding hydrogens is 328 g/mol. The first-order valence-corrected chi connectivity index (χ1v) is 10.6. The van der Waals surface area contributed by atoms with Crippen LogP contribution in [0.3, 0.4) is 0 Å². The Morgan fingerprint density at radius 2 is 1.38 bits per heavy atom. The van der Waals surface area contributed by atoms with Crippen molar-refractivity contribution in [2.45, 2.75) is 115 Å². The first kappa shape index (κ1) is 24.9. The lowest BCUT2D eigenvalue weighted by Crippen LogP contribution is -2.45. The molecule has 0 fully saturated rings. The molecule has 0 saturated carbocycles. The molecular formula is C21H40N2O3. The predicted molar refractivity (Wildman–Crippen MR) is 106 cm³/mol. The zero-order chi connectivity index (χ0) is 19.5. The number of nitriles is 1. The second-order valence-corrected chi connectivity index (χ2v) is 7.29. The molecule has 152 valence electrons. The van der Waals surface area contributed by atoms with Crippen LogP contribution >= 0.6 is 0 Å². The van der Waals surface area contributed by atoms with Crippen molar-refractivity contribution in [3.05, 3.63) is 0 Å². The van der Waals surface area contributed by atoms with Crippen molar-refractivity contribution < 1.29 is 15.0 Å². The minimum atomic E-state index is -0.754. The van der Waals surface area contributed by atoms with Gasteiger partial charge in [0.1, 0.15) is 6.42 Å². The second-order valence-electron chi connectivity index (χ2n) is 7.29. The highest BCUT2D eigenvalue weighted by molar-refractivity contribution is 5.78. The van der Waals surface area contributed by atoms with Gasteiger partial charge in [0.15, 0.2) is 0 Å². The number of aliphatic hydroxyl groups excluding tert-OH is 2. The van der Waals surface area contributed by atoms with E-state index in [0.717, 1.165) is 12.8 Å². The Morgan fingerprint density at radius 3 is 1.81 bits per heavy atom. The van der Waals surface area contributed by atoms with E-state index in [1.54, 1.807) is 6.07 Å². The Labute approximate surface area is 160 Å². The van der Waals surface area contributed by atoms with Gasteiger partial charge in [0.05, 0.1) is 24.8 Å². The Kier molecular flexibility index (Phi) is 17.9. The molecule has 2 atom stereocenters. The topological polar surface area (TPSA) is 93.3 Å². The number of unbranched alkanes of at least 4 members (excludes halogenated alkanes) is 12. The highest BCUT2D eigenvalue weighted by atomic mass is 16.3. The molecule has 0 aliphatic rings. The van der Waals surface area contributed by atoms with Gasteiger partial charge in [-0.3, -0.25) is 4.79 Å². The summed E-state index contributed by atoms with van der Waals surface area (Å²) in [5.41, 5.74) is 0. The quantitative estimate of drug-likeness (QED) is 0.316. The standard InChI is InChI=1S/C21H40N2O3/c1-2-3-4-5-6-7-8-9-10-11-12-13-14-15-20(25)19(18-24)23-21(26)16-17-22/h19-20,24-25H,2-16,18H2,1H3,(H,23,26). The fourth-order valence-corrected chi connectivity index (χ4v) is 3.17. The van der Waals surface area contributed by atoms with Gasteiger partial charge < -0.3 is 15.5 Å². The molecule has 2 unspecified atom stereocenters. The molecule has 0 radical (unpaired) electrons.